The second-order valence-corrected chi connectivity index (χ2v) is 8.89. The summed E-state index contributed by atoms with van der Waals surface area (Å²) in [6, 6.07) is 8.96. The largest absolute Gasteiger partial charge is 0.491 e. The highest BCUT2D eigenvalue weighted by atomic mass is 16.6. The number of hydrogen-bond donors (Lipinski definition) is 2. The van der Waals surface area contributed by atoms with Gasteiger partial charge in [0, 0.05) is 29.8 Å². The molecule has 0 radical (unpaired) electrons. The molecule has 3 aliphatic rings. The molecule has 1 unspecified atom stereocenters. The molecule has 0 bridgehead atoms. The Balaban J connectivity index is 1.05. The van der Waals surface area contributed by atoms with E-state index in [-0.39, 0.29) is 24.5 Å². The molecule has 11 nitrogen and oxygen atoms in total. The van der Waals surface area contributed by atoms with E-state index in [1.54, 1.807) is 42.5 Å². The molecule has 6 rings (SSSR count). The summed E-state index contributed by atoms with van der Waals surface area (Å²) in [6.45, 7) is 2.21. The van der Waals surface area contributed by atoms with Crippen molar-refractivity contribution in [1.29, 1.82) is 0 Å². The molecular weight excluding hydrogens is 466 g/mol. The van der Waals surface area contributed by atoms with Gasteiger partial charge in [0.25, 0.3) is 5.91 Å². The number of methoxy groups -OCH3 is 1. The van der Waals surface area contributed by atoms with Crippen LogP contribution in [0, 0.1) is 0 Å². The highest BCUT2D eigenvalue weighted by Crippen LogP contribution is 2.39. The van der Waals surface area contributed by atoms with Gasteiger partial charge in [0.1, 0.15) is 23.1 Å². The standard InChI is InChI=1S/C25H25N5O6/c1-33-22-5-3-17-24(29-22)23-14(12-34-20(23)10-27-17)6-7-26-9-16-11-30(25(32)36-16)15-2-4-19-18(8-15)28-21(31)13-35-19/h2-5,8,10,14,16,26H,6-7,9,11-13H2,1H3,(H,28,31)/t14?,16-/m1/s1. The van der Waals surface area contributed by atoms with Gasteiger partial charge in [-0.2, -0.15) is 0 Å². The SMILES string of the molecule is COc1ccc2ncc3c(c2n1)C(CCNC[C@@H]1CN(c2ccc4c(c2)NC(=O)CO4)C(=O)O1)CO3. The van der Waals surface area contributed by atoms with Crippen LogP contribution in [0.4, 0.5) is 16.2 Å². The first-order chi connectivity index (χ1) is 17.6. The van der Waals surface area contributed by atoms with E-state index in [0.717, 1.165) is 35.3 Å². The predicted octanol–water partition coefficient (Wildman–Crippen LogP) is 2.45. The van der Waals surface area contributed by atoms with Crippen molar-refractivity contribution in [3.05, 3.63) is 42.1 Å². The van der Waals surface area contributed by atoms with Gasteiger partial charge in [0.05, 0.1) is 37.7 Å². The summed E-state index contributed by atoms with van der Waals surface area (Å²) in [5.74, 6) is 1.84. The maximum atomic E-state index is 12.5. The van der Waals surface area contributed by atoms with Crippen molar-refractivity contribution in [3.63, 3.8) is 0 Å². The predicted molar refractivity (Wildman–Crippen MR) is 130 cm³/mol. The van der Waals surface area contributed by atoms with Crippen molar-refractivity contribution in [3.8, 4) is 17.4 Å². The Labute approximate surface area is 206 Å². The zero-order chi connectivity index (χ0) is 24.6. The van der Waals surface area contributed by atoms with E-state index in [1.807, 2.05) is 6.07 Å². The van der Waals surface area contributed by atoms with E-state index in [1.165, 1.54) is 0 Å². The molecule has 0 saturated carbocycles. The number of cyclic esters (lactones) is 1. The molecule has 1 aromatic carbocycles. The van der Waals surface area contributed by atoms with Crippen molar-refractivity contribution in [2.24, 2.45) is 0 Å². The zero-order valence-electron chi connectivity index (χ0n) is 19.7. The van der Waals surface area contributed by atoms with Crippen LogP contribution >= 0.6 is 0 Å². The van der Waals surface area contributed by atoms with Crippen LogP contribution in [0.5, 0.6) is 17.4 Å². The number of benzene rings is 1. The first-order valence-electron chi connectivity index (χ1n) is 11.8. The molecule has 11 heteroatoms. The van der Waals surface area contributed by atoms with Crippen molar-refractivity contribution in [1.82, 2.24) is 15.3 Å². The Morgan fingerprint density at radius 2 is 2.11 bits per heavy atom. The summed E-state index contributed by atoms with van der Waals surface area (Å²) < 4.78 is 22.1. The maximum Gasteiger partial charge on any atom is 0.414 e. The van der Waals surface area contributed by atoms with Crippen LogP contribution in [0.2, 0.25) is 0 Å². The molecular formula is C25H25N5O6. The van der Waals surface area contributed by atoms with E-state index in [2.05, 4.69) is 20.6 Å². The number of nitrogens with one attached hydrogen (secondary N) is 2. The average molecular weight is 492 g/mol. The quantitative estimate of drug-likeness (QED) is 0.480. The van der Waals surface area contributed by atoms with Crippen molar-refractivity contribution in [2.75, 3.05) is 50.2 Å². The summed E-state index contributed by atoms with van der Waals surface area (Å²) in [6.07, 6.45) is 1.88. The van der Waals surface area contributed by atoms with Gasteiger partial charge in [0.2, 0.25) is 5.88 Å². The van der Waals surface area contributed by atoms with Crippen molar-refractivity contribution >= 4 is 34.4 Å². The fraction of sp³-hybridized carbons (Fsp3) is 0.360. The van der Waals surface area contributed by atoms with Crippen LogP contribution < -0.4 is 29.7 Å². The minimum absolute atomic E-state index is 0.0117. The molecule has 2 N–H and O–H groups in total. The Hall–Kier alpha value is -4.12. The zero-order valence-corrected chi connectivity index (χ0v) is 19.7. The summed E-state index contributed by atoms with van der Waals surface area (Å²) in [5.41, 5.74) is 3.87. The molecule has 186 valence electrons. The van der Waals surface area contributed by atoms with Gasteiger partial charge in [-0.1, -0.05) is 0 Å². The van der Waals surface area contributed by atoms with Crippen LogP contribution in [0.1, 0.15) is 17.9 Å². The van der Waals surface area contributed by atoms with Gasteiger partial charge in [-0.25, -0.2) is 9.78 Å². The number of carbonyl (C=O) groups is 2. The molecule has 0 spiro atoms. The third-order valence-electron chi connectivity index (χ3n) is 6.57. The second-order valence-electron chi connectivity index (χ2n) is 8.89. The van der Waals surface area contributed by atoms with E-state index in [0.29, 0.717) is 42.7 Å². The molecule has 3 aromatic rings. The van der Waals surface area contributed by atoms with E-state index in [9.17, 15) is 9.59 Å². The Morgan fingerprint density at radius 1 is 1.19 bits per heavy atom. The van der Waals surface area contributed by atoms with Gasteiger partial charge in [-0.3, -0.25) is 14.7 Å². The monoisotopic (exact) mass is 491 g/mol. The number of ether oxygens (including phenoxy) is 4. The Kier molecular flexibility index (Phi) is 5.68. The highest BCUT2D eigenvalue weighted by molar-refractivity contribution is 5.97. The molecule has 2 amide bonds. The van der Waals surface area contributed by atoms with Crippen LogP contribution in [0.3, 0.4) is 0 Å². The van der Waals surface area contributed by atoms with Gasteiger partial charge < -0.3 is 29.6 Å². The van der Waals surface area contributed by atoms with E-state index in [4.69, 9.17) is 18.9 Å². The van der Waals surface area contributed by atoms with Crippen LogP contribution in [-0.4, -0.2) is 68.0 Å². The lowest BCUT2D eigenvalue weighted by molar-refractivity contribution is -0.118. The third-order valence-corrected chi connectivity index (χ3v) is 6.57. The third kappa shape index (κ3) is 4.11. The molecule has 0 aliphatic carbocycles. The maximum absolute atomic E-state index is 12.5. The number of hydrogen-bond acceptors (Lipinski definition) is 9. The number of fused-ring (bicyclic) bond motifs is 4. The molecule has 1 saturated heterocycles. The normalized spacial score (nSPS) is 20.3. The lowest BCUT2D eigenvalue weighted by Gasteiger charge is -2.20. The number of nitrogens with zero attached hydrogens (tertiary/aromatic N) is 3. The second kappa shape index (κ2) is 9.15. The summed E-state index contributed by atoms with van der Waals surface area (Å²) in [4.78, 5) is 34.7. The first-order valence-corrected chi connectivity index (χ1v) is 11.8. The summed E-state index contributed by atoms with van der Waals surface area (Å²) in [5, 5.41) is 6.17. The molecule has 5 heterocycles. The van der Waals surface area contributed by atoms with Gasteiger partial charge >= 0.3 is 6.09 Å². The fourth-order valence-electron chi connectivity index (χ4n) is 4.79. The smallest absolute Gasteiger partial charge is 0.414 e. The van der Waals surface area contributed by atoms with Crippen LogP contribution in [0.15, 0.2) is 36.5 Å². The lowest BCUT2D eigenvalue weighted by Crippen LogP contribution is -2.32. The van der Waals surface area contributed by atoms with Crippen molar-refractivity contribution in [2.45, 2.75) is 18.4 Å². The Morgan fingerprint density at radius 3 is 3.00 bits per heavy atom. The summed E-state index contributed by atoms with van der Waals surface area (Å²) >= 11 is 0. The minimum Gasteiger partial charge on any atom is -0.491 e. The van der Waals surface area contributed by atoms with Gasteiger partial charge in [0.15, 0.2) is 6.61 Å². The van der Waals surface area contributed by atoms with Gasteiger partial charge in [-0.15, -0.1) is 0 Å². The fourth-order valence-corrected chi connectivity index (χ4v) is 4.79. The molecule has 2 aromatic heterocycles. The van der Waals surface area contributed by atoms with E-state index >= 15 is 0 Å². The van der Waals surface area contributed by atoms with E-state index < -0.39 is 6.09 Å². The number of anilines is 2. The average Bonchev–Trinajstić information content (AvgIpc) is 3.49. The number of amides is 2. The van der Waals surface area contributed by atoms with Gasteiger partial charge in [-0.05, 0) is 37.2 Å². The lowest BCUT2D eigenvalue weighted by atomic mass is 9.97. The molecule has 1 fully saturated rings. The minimum atomic E-state index is -0.415. The van der Waals surface area contributed by atoms with Crippen molar-refractivity contribution < 1.29 is 28.5 Å². The molecule has 2 atom stereocenters. The number of aromatic nitrogens is 2. The topological polar surface area (TPSA) is 124 Å². The first kappa shape index (κ1) is 22.4. The van der Waals surface area contributed by atoms with Crippen LogP contribution in [-0.2, 0) is 9.53 Å². The number of rotatable bonds is 7. The molecule has 3 aliphatic heterocycles. The summed E-state index contributed by atoms with van der Waals surface area (Å²) in [7, 11) is 1.59. The highest BCUT2D eigenvalue weighted by Gasteiger charge is 2.33. The molecule has 36 heavy (non-hydrogen) atoms. The number of pyridine rings is 2. The van der Waals surface area contributed by atoms with Crippen LogP contribution in [0.25, 0.3) is 11.0 Å². The Bertz CT molecular complexity index is 1350. The number of carbonyl (C=O) groups excluding carboxylic acids is 2.